The normalized spacial score (nSPS) is 12.0. The molecule has 0 bridgehead atoms. The molecule has 0 fully saturated rings. The van der Waals surface area contributed by atoms with Crippen molar-refractivity contribution in [2.24, 2.45) is 5.10 Å². The first kappa shape index (κ1) is 26.1. The minimum absolute atomic E-state index is 0.0453. The third-order valence-electron chi connectivity index (χ3n) is 6.00. The lowest BCUT2D eigenvalue weighted by Gasteiger charge is -2.14. The number of hydrogen-bond donors (Lipinski definition) is 0. The van der Waals surface area contributed by atoms with Crippen molar-refractivity contribution in [1.82, 2.24) is 9.66 Å². The highest BCUT2D eigenvalue weighted by atomic mass is 79.9. The standard InChI is InChI=1S/C29H27BrN4O3/c1-4-19(3)28-33-25-12-11-23(30)15-24(25)29(35)34(28)32-17-20-10-13-26(27(14-20)36-5-2)37-18-22-9-7-6-8-21(22)16-31/h6-15,17,19H,4-5,18H2,1-3H3/t19-/m0/s1. The van der Waals surface area contributed by atoms with Gasteiger partial charge in [0.05, 0.1) is 35.4 Å². The molecule has 4 rings (SSSR count). The Morgan fingerprint density at radius 1 is 1.11 bits per heavy atom. The molecule has 8 heteroatoms. The molecule has 0 N–H and O–H groups in total. The van der Waals surface area contributed by atoms with Crippen molar-refractivity contribution in [3.05, 3.63) is 98.0 Å². The quantitative estimate of drug-likeness (QED) is 0.221. The van der Waals surface area contributed by atoms with Crippen LogP contribution in [0.15, 0.2) is 75.0 Å². The van der Waals surface area contributed by atoms with Crippen LogP contribution in [0.3, 0.4) is 0 Å². The molecule has 3 aromatic carbocycles. The van der Waals surface area contributed by atoms with Gasteiger partial charge in [-0.25, -0.2) is 4.98 Å². The highest BCUT2D eigenvalue weighted by molar-refractivity contribution is 9.10. The zero-order valence-corrected chi connectivity index (χ0v) is 22.5. The van der Waals surface area contributed by atoms with Gasteiger partial charge in [-0.3, -0.25) is 4.79 Å². The summed E-state index contributed by atoms with van der Waals surface area (Å²) >= 11 is 3.44. The van der Waals surface area contributed by atoms with Gasteiger partial charge in [-0.2, -0.15) is 15.0 Å². The highest BCUT2D eigenvalue weighted by Gasteiger charge is 2.16. The number of nitriles is 1. The summed E-state index contributed by atoms with van der Waals surface area (Å²) < 4.78 is 14.0. The SMILES string of the molecule is CCOc1cc(C=Nn2c([C@@H](C)CC)nc3ccc(Br)cc3c2=O)ccc1OCc1ccccc1C#N. The second-order valence-electron chi connectivity index (χ2n) is 8.50. The van der Waals surface area contributed by atoms with E-state index in [0.29, 0.717) is 40.4 Å². The molecule has 0 aliphatic rings. The Hall–Kier alpha value is -3.96. The third kappa shape index (κ3) is 5.89. The predicted molar refractivity (Wildman–Crippen MR) is 149 cm³/mol. The molecule has 0 amide bonds. The monoisotopic (exact) mass is 558 g/mol. The van der Waals surface area contributed by atoms with Crippen LogP contribution in [0.2, 0.25) is 0 Å². The van der Waals surface area contributed by atoms with Crippen molar-refractivity contribution >= 4 is 33.0 Å². The number of halogens is 1. The first-order valence-electron chi connectivity index (χ1n) is 12.1. The molecule has 0 spiro atoms. The van der Waals surface area contributed by atoms with E-state index in [2.05, 4.69) is 34.0 Å². The summed E-state index contributed by atoms with van der Waals surface area (Å²) in [5, 5.41) is 14.4. The first-order valence-corrected chi connectivity index (χ1v) is 12.9. The second kappa shape index (κ2) is 11.8. The fourth-order valence-corrected chi connectivity index (χ4v) is 4.17. The Labute approximate surface area is 224 Å². The molecule has 4 aromatic rings. The number of hydrogen-bond acceptors (Lipinski definition) is 6. The zero-order chi connectivity index (χ0) is 26.4. The van der Waals surface area contributed by atoms with Crippen LogP contribution in [0.25, 0.3) is 10.9 Å². The van der Waals surface area contributed by atoms with Gasteiger partial charge in [-0.1, -0.05) is 48.0 Å². The molecule has 0 saturated heterocycles. The van der Waals surface area contributed by atoms with Gasteiger partial charge >= 0.3 is 0 Å². The number of ether oxygens (including phenoxy) is 2. The Kier molecular flexibility index (Phi) is 8.36. The Balaban J connectivity index is 1.67. The van der Waals surface area contributed by atoms with Crippen molar-refractivity contribution in [2.45, 2.75) is 39.7 Å². The maximum Gasteiger partial charge on any atom is 0.282 e. The fourth-order valence-electron chi connectivity index (χ4n) is 3.81. The second-order valence-corrected chi connectivity index (χ2v) is 9.41. The summed E-state index contributed by atoms with van der Waals surface area (Å²) in [6.45, 7) is 6.67. The van der Waals surface area contributed by atoms with Gasteiger partial charge in [-0.05, 0) is 61.4 Å². The maximum absolute atomic E-state index is 13.4. The highest BCUT2D eigenvalue weighted by Crippen LogP contribution is 2.29. The average molecular weight is 559 g/mol. The Morgan fingerprint density at radius 3 is 2.68 bits per heavy atom. The number of rotatable bonds is 9. The van der Waals surface area contributed by atoms with E-state index >= 15 is 0 Å². The van der Waals surface area contributed by atoms with Crippen molar-refractivity contribution < 1.29 is 9.47 Å². The van der Waals surface area contributed by atoms with E-state index in [-0.39, 0.29) is 18.1 Å². The molecule has 188 valence electrons. The summed E-state index contributed by atoms with van der Waals surface area (Å²) in [6.07, 6.45) is 2.44. The van der Waals surface area contributed by atoms with E-state index in [0.717, 1.165) is 22.0 Å². The van der Waals surface area contributed by atoms with Crippen molar-refractivity contribution in [1.29, 1.82) is 5.26 Å². The van der Waals surface area contributed by atoms with Crippen LogP contribution in [0.5, 0.6) is 11.5 Å². The molecule has 37 heavy (non-hydrogen) atoms. The molecule has 1 atom stereocenters. The first-order chi connectivity index (χ1) is 17.9. The molecule has 7 nitrogen and oxygen atoms in total. The van der Waals surface area contributed by atoms with Crippen molar-refractivity contribution in [2.75, 3.05) is 6.61 Å². The van der Waals surface area contributed by atoms with Gasteiger partial charge in [0.2, 0.25) is 0 Å². The van der Waals surface area contributed by atoms with E-state index in [1.165, 1.54) is 4.68 Å². The molecule has 0 aliphatic heterocycles. The summed E-state index contributed by atoms with van der Waals surface area (Å²) in [4.78, 5) is 18.1. The van der Waals surface area contributed by atoms with Gasteiger partial charge in [0.15, 0.2) is 11.5 Å². The van der Waals surface area contributed by atoms with E-state index in [1.54, 1.807) is 24.4 Å². The van der Waals surface area contributed by atoms with Gasteiger partial charge in [0, 0.05) is 16.0 Å². The molecular weight excluding hydrogens is 532 g/mol. The minimum Gasteiger partial charge on any atom is -0.490 e. The van der Waals surface area contributed by atoms with E-state index < -0.39 is 0 Å². The number of aromatic nitrogens is 2. The molecule has 0 unspecified atom stereocenters. The number of benzene rings is 3. The number of fused-ring (bicyclic) bond motifs is 1. The van der Waals surface area contributed by atoms with Crippen LogP contribution in [-0.2, 0) is 6.61 Å². The predicted octanol–water partition coefficient (Wildman–Crippen LogP) is 6.40. The molecular formula is C29H27BrN4O3. The van der Waals surface area contributed by atoms with Crippen LogP contribution in [0.1, 0.15) is 55.6 Å². The molecule has 0 radical (unpaired) electrons. The van der Waals surface area contributed by atoms with Gasteiger partial charge in [0.25, 0.3) is 5.56 Å². The topological polar surface area (TPSA) is 89.5 Å². The maximum atomic E-state index is 13.4. The lowest BCUT2D eigenvalue weighted by molar-refractivity contribution is 0.269. The fraction of sp³-hybridized carbons (Fsp3) is 0.241. The van der Waals surface area contributed by atoms with Crippen molar-refractivity contribution in [3.8, 4) is 17.6 Å². The van der Waals surface area contributed by atoms with Gasteiger partial charge in [-0.15, -0.1) is 0 Å². The summed E-state index contributed by atoms with van der Waals surface area (Å²) in [6, 6.07) is 20.4. The van der Waals surface area contributed by atoms with Crippen LogP contribution < -0.4 is 15.0 Å². The average Bonchev–Trinajstić information content (AvgIpc) is 2.92. The van der Waals surface area contributed by atoms with E-state index in [9.17, 15) is 10.1 Å². The van der Waals surface area contributed by atoms with E-state index in [1.807, 2.05) is 56.3 Å². The lowest BCUT2D eigenvalue weighted by Crippen LogP contribution is -2.23. The zero-order valence-electron chi connectivity index (χ0n) is 20.9. The van der Waals surface area contributed by atoms with Crippen LogP contribution >= 0.6 is 15.9 Å². The van der Waals surface area contributed by atoms with Crippen LogP contribution in [-0.4, -0.2) is 22.5 Å². The van der Waals surface area contributed by atoms with E-state index in [4.69, 9.17) is 14.5 Å². The molecule has 1 heterocycles. The number of nitrogens with zero attached hydrogens (tertiary/aromatic N) is 4. The minimum atomic E-state index is -0.223. The van der Waals surface area contributed by atoms with Crippen LogP contribution in [0, 0.1) is 11.3 Å². The Morgan fingerprint density at radius 2 is 1.92 bits per heavy atom. The van der Waals surface area contributed by atoms with Crippen LogP contribution in [0.4, 0.5) is 0 Å². The summed E-state index contributed by atoms with van der Waals surface area (Å²) in [5.41, 5.74) is 2.53. The molecule has 0 aliphatic carbocycles. The molecule has 0 saturated carbocycles. The molecule has 1 aromatic heterocycles. The van der Waals surface area contributed by atoms with Crippen molar-refractivity contribution in [3.63, 3.8) is 0 Å². The third-order valence-corrected chi connectivity index (χ3v) is 6.49. The summed E-state index contributed by atoms with van der Waals surface area (Å²) in [5.74, 6) is 1.76. The lowest BCUT2D eigenvalue weighted by atomic mass is 10.1. The van der Waals surface area contributed by atoms with Gasteiger partial charge < -0.3 is 9.47 Å². The Bertz CT molecular complexity index is 1560. The summed E-state index contributed by atoms with van der Waals surface area (Å²) in [7, 11) is 0. The smallest absolute Gasteiger partial charge is 0.282 e. The van der Waals surface area contributed by atoms with Gasteiger partial charge in [0.1, 0.15) is 12.4 Å². The largest absolute Gasteiger partial charge is 0.490 e.